The number of hydrogen-bond acceptors (Lipinski definition) is 6. The maximum atomic E-state index is 12.8. The van der Waals surface area contributed by atoms with Crippen LogP contribution in [0, 0.1) is 11.3 Å². The number of benzene rings is 2. The largest absolute Gasteiger partial charge is 0.490 e. The van der Waals surface area contributed by atoms with Gasteiger partial charge in [-0.2, -0.15) is 15.1 Å². The average molecular weight is 576 g/mol. The first-order valence-corrected chi connectivity index (χ1v) is 13.1. The van der Waals surface area contributed by atoms with Gasteiger partial charge in [0.1, 0.15) is 11.7 Å². The number of carbonyl (C=O) groups is 1. The Labute approximate surface area is 221 Å². The van der Waals surface area contributed by atoms with Gasteiger partial charge in [0.25, 0.3) is 5.91 Å². The normalized spacial score (nSPS) is 16.5. The molecule has 2 aromatic carbocycles. The Balaban J connectivity index is 1.62. The van der Waals surface area contributed by atoms with Crippen molar-refractivity contribution in [3.8, 4) is 11.5 Å². The molecule has 10 heteroatoms. The molecule has 0 atom stereocenters. The first kappa shape index (κ1) is 25.5. The van der Waals surface area contributed by atoms with E-state index in [1.165, 1.54) is 16.8 Å². The number of carbonyl (C=O) groups excluding carboxylic acids is 1. The molecule has 0 spiro atoms. The molecule has 1 N–H and O–H groups in total. The molecule has 4 rings (SSSR count). The van der Waals surface area contributed by atoms with E-state index in [2.05, 4.69) is 39.9 Å². The van der Waals surface area contributed by atoms with Crippen LogP contribution in [-0.4, -0.2) is 33.6 Å². The first-order chi connectivity index (χ1) is 16.8. The second kappa shape index (κ2) is 11.0. The molecule has 2 heterocycles. The van der Waals surface area contributed by atoms with E-state index in [-0.39, 0.29) is 18.0 Å². The standard InChI is InChI=1S/C25H24BrClN4O3S/c1-4-33-20-12-15(11-18(26)22(20)34-13-16-7-5-6-8-19(16)27)10-17-23(28)31-25(29-24(17)32)35-21(30-31)9-14(2)3/h5-8,10-12,14,28H,4,9,13H2,1-3H3/b17-10-,28-23?. The predicted octanol–water partition coefficient (Wildman–Crippen LogP) is 6.75. The van der Waals surface area contributed by atoms with Crippen molar-refractivity contribution in [2.24, 2.45) is 16.0 Å². The van der Waals surface area contributed by atoms with Crippen LogP contribution >= 0.6 is 39.3 Å². The second-order valence-electron chi connectivity index (χ2n) is 8.25. The lowest BCUT2D eigenvalue weighted by molar-refractivity contribution is -0.114. The second-order valence-corrected chi connectivity index (χ2v) is 10.6. The molecule has 0 saturated carbocycles. The van der Waals surface area contributed by atoms with Crippen LogP contribution in [0.25, 0.3) is 6.08 Å². The number of hydrazone groups is 1. The summed E-state index contributed by atoms with van der Waals surface area (Å²) in [6.45, 7) is 6.77. The molecule has 0 radical (unpaired) electrons. The van der Waals surface area contributed by atoms with E-state index in [1.54, 1.807) is 12.1 Å². The zero-order valence-electron chi connectivity index (χ0n) is 19.5. The van der Waals surface area contributed by atoms with Gasteiger partial charge in [-0.05, 0) is 70.4 Å². The summed E-state index contributed by atoms with van der Waals surface area (Å²) in [6.07, 6.45) is 2.39. The van der Waals surface area contributed by atoms with Crippen molar-refractivity contribution in [2.45, 2.75) is 33.8 Å². The summed E-state index contributed by atoms with van der Waals surface area (Å²) in [7, 11) is 0. The van der Waals surface area contributed by atoms with E-state index < -0.39 is 5.91 Å². The van der Waals surface area contributed by atoms with Gasteiger partial charge in [-0.3, -0.25) is 10.2 Å². The van der Waals surface area contributed by atoms with Crippen LogP contribution in [0.3, 0.4) is 0 Å². The van der Waals surface area contributed by atoms with E-state index in [9.17, 15) is 4.79 Å². The van der Waals surface area contributed by atoms with Gasteiger partial charge in [-0.15, -0.1) is 0 Å². The lowest BCUT2D eigenvalue weighted by Gasteiger charge is -2.20. The van der Waals surface area contributed by atoms with E-state index in [0.29, 0.717) is 44.3 Å². The van der Waals surface area contributed by atoms with E-state index >= 15 is 0 Å². The minimum absolute atomic E-state index is 0.000570. The highest BCUT2D eigenvalue weighted by atomic mass is 79.9. The molecule has 0 aromatic heterocycles. The predicted molar refractivity (Wildman–Crippen MR) is 146 cm³/mol. The van der Waals surface area contributed by atoms with Crippen molar-refractivity contribution >= 4 is 67.3 Å². The molecule has 2 aliphatic rings. The van der Waals surface area contributed by atoms with Crippen LogP contribution < -0.4 is 9.47 Å². The minimum Gasteiger partial charge on any atom is -0.490 e. The molecule has 0 fully saturated rings. The number of rotatable bonds is 8. The highest BCUT2D eigenvalue weighted by Gasteiger charge is 2.35. The van der Waals surface area contributed by atoms with Gasteiger partial charge in [-0.1, -0.05) is 43.6 Å². The summed E-state index contributed by atoms with van der Waals surface area (Å²) in [6, 6.07) is 11.1. The SMILES string of the molecule is CCOc1cc(/C=C2/C(=N)N3N=C(CC(C)C)SC3=NC2=O)cc(Br)c1OCc1ccccc1Cl. The Morgan fingerprint density at radius 2 is 2.03 bits per heavy atom. The van der Waals surface area contributed by atoms with Crippen molar-refractivity contribution in [2.75, 3.05) is 6.61 Å². The number of ether oxygens (including phenoxy) is 2. The van der Waals surface area contributed by atoms with Gasteiger partial charge in [0, 0.05) is 17.0 Å². The number of amidine groups is 2. The molecular weight excluding hydrogens is 552 g/mol. The molecular formula is C25H24BrClN4O3S. The summed E-state index contributed by atoms with van der Waals surface area (Å²) in [4.78, 5) is 16.9. The minimum atomic E-state index is -0.470. The Morgan fingerprint density at radius 1 is 1.26 bits per heavy atom. The van der Waals surface area contributed by atoms with Crippen LogP contribution in [-0.2, 0) is 11.4 Å². The summed E-state index contributed by atoms with van der Waals surface area (Å²) in [5, 5.41) is 16.4. The van der Waals surface area contributed by atoms with Crippen molar-refractivity contribution < 1.29 is 14.3 Å². The number of hydrogen-bond donors (Lipinski definition) is 1. The van der Waals surface area contributed by atoms with Crippen molar-refractivity contribution in [3.05, 3.63) is 62.6 Å². The molecule has 1 amide bonds. The number of aliphatic imine (C=N–C) groups is 1. The fourth-order valence-corrected chi connectivity index (χ4v) is 5.33. The molecule has 7 nitrogen and oxygen atoms in total. The van der Waals surface area contributed by atoms with Gasteiger partial charge >= 0.3 is 0 Å². The van der Waals surface area contributed by atoms with Crippen LogP contribution in [0.5, 0.6) is 11.5 Å². The summed E-state index contributed by atoms with van der Waals surface area (Å²) in [5.41, 5.74) is 1.67. The molecule has 35 heavy (non-hydrogen) atoms. The Hall–Kier alpha value is -2.62. The number of nitrogens with one attached hydrogen (secondary N) is 1. The maximum Gasteiger partial charge on any atom is 0.283 e. The molecule has 182 valence electrons. The van der Waals surface area contributed by atoms with Crippen LogP contribution in [0.2, 0.25) is 5.02 Å². The van der Waals surface area contributed by atoms with Crippen LogP contribution in [0.1, 0.15) is 38.3 Å². The molecule has 2 aromatic rings. The van der Waals surface area contributed by atoms with Crippen LogP contribution in [0.15, 0.2) is 56.5 Å². The van der Waals surface area contributed by atoms with Crippen LogP contribution in [0.4, 0.5) is 0 Å². The van der Waals surface area contributed by atoms with E-state index in [0.717, 1.165) is 17.0 Å². The highest BCUT2D eigenvalue weighted by Crippen LogP contribution is 2.39. The molecule has 0 bridgehead atoms. The van der Waals surface area contributed by atoms with Gasteiger partial charge in [0.15, 0.2) is 17.3 Å². The van der Waals surface area contributed by atoms with Crippen molar-refractivity contribution in [3.63, 3.8) is 0 Å². The molecule has 0 unspecified atom stereocenters. The summed E-state index contributed by atoms with van der Waals surface area (Å²) in [5.74, 6) is 0.977. The molecule has 0 aliphatic carbocycles. The molecule has 2 aliphatic heterocycles. The zero-order chi connectivity index (χ0) is 25.1. The van der Waals surface area contributed by atoms with Gasteiger partial charge in [0.2, 0.25) is 5.17 Å². The number of halogens is 2. The average Bonchev–Trinajstić information content (AvgIpc) is 3.19. The number of amides is 1. The first-order valence-electron chi connectivity index (χ1n) is 11.1. The number of nitrogens with zero attached hydrogens (tertiary/aromatic N) is 3. The Kier molecular flexibility index (Phi) is 7.98. The summed E-state index contributed by atoms with van der Waals surface area (Å²) < 4.78 is 12.5. The fourth-order valence-electron chi connectivity index (χ4n) is 3.47. The Bertz CT molecular complexity index is 1280. The fraction of sp³-hybridized carbons (Fsp3) is 0.280. The number of fused-ring (bicyclic) bond motifs is 1. The third-order valence-electron chi connectivity index (χ3n) is 5.05. The summed E-state index contributed by atoms with van der Waals surface area (Å²) >= 11 is 11.2. The van der Waals surface area contributed by atoms with Crippen molar-refractivity contribution in [1.82, 2.24) is 5.01 Å². The molecule has 0 saturated heterocycles. The maximum absolute atomic E-state index is 12.8. The number of thioether (sulfide) groups is 1. The highest BCUT2D eigenvalue weighted by molar-refractivity contribution is 9.10. The Morgan fingerprint density at radius 3 is 2.74 bits per heavy atom. The third-order valence-corrected chi connectivity index (χ3v) is 6.94. The lowest BCUT2D eigenvalue weighted by atomic mass is 10.1. The third kappa shape index (κ3) is 5.79. The van der Waals surface area contributed by atoms with Gasteiger partial charge < -0.3 is 9.47 Å². The zero-order valence-corrected chi connectivity index (χ0v) is 22.6. The quantitative estimate of drug-likeness (QED) is 0.352. The van der Waals surface area contributed by atoms with E-state index in [1.807, 2.05) is 37.3 Å². The van der Waals surface area contributed by atoms with E-state index in [4.69, 9.17) is 26.5 Å². The topological polar surface area (TPSA) is 87.3 Å². The van der Waals surface area contributed by atoms with Crippen molar-refractivity contribution in [1.29, 1.82) is 5.41 Å². The monoisotopic (exact) mass is 574 g/mol. The van der Waals surface area contributed by atoms with Gasteiger partial charge in [-0.25, -0.2) is 0 Å². The lowest BCUT2D eigenvalue weighted by Crippen LogP contribution is -2.35. The van der Waals surface area contributed by atoms with Gasteiger partial charge in [0.05, 0.1) is 16.7 Å². The smallest absolute Gasteiger partial charge is 0.283 e.